The molecule has 0 spiro atoms. The molecule has 2 N–H and O–H groups in total. The number of nitrogens with two attached hydrogens (primary N) is 1. The lowest BCUT2D eigenvalue weighted by Gasteiger charge is -2.01. The van der Waals surface area contributed by atoms with E-state index in [0.29, 0.717) is 11.5 Å². The smallest absolute Gasteiger partial charge is 0.387 e. The highest BCUT2D eigenvalue weighted by Crippen LogP contribution is 2.21. The molecule has 21 heavy (non-hydrogen) atoms. The molecule has 0 aliphatic carbocycles. The van der Waals surface area contributed by atoms with Gasteiger partial charge in [0.2, 0.25) is 5.91 Å². The maximum absolute atomic E-state index is 11.8. The average Bonchev–Trinajstić information content (AvgIpc) is 3.10. The zero-order valence-corrected chi connectivity index (χ0v) is 11.7. The van der Waals surface area contributed by atoms with Gasteiger partial charge in [-0.25, -0.2) is 4.79 Å². The zero-order chi connectivity index (χ0) is 14.8. The molecular formula is C14H11N3O3S. The fourth-order valence-corrected chi connectivity index (χ4v) is 2.55. The van der Waals surface area contributed by atoms with Gasteiger partial charge in [0.15, 0.2) is 0 Å². The monoisotopic (exact) mass is 301 g/mol. The third-order valence-corrected chi connectivity index (χ3v) is 3.74. The van der Waals surface area contributed by atoms with Gasteiger partial charge in [0.25, 0.3) is 5.89 Å². The van der Waals surface area contributed by atoms with Crippen molar-refractivity contribution < 1.29 is 9.21 Å². The van der Waals surface area contributed by atoms with Gasteiger partial charge < -0.3 is 10.2 Å². The Hall–Kier alpha value is -2.67. The van der Waals surface area contributed by atoms with Gasteiger partial charge in [0.05, 0.1) is 11.4 Å². The lowest BCUT2D eigenvalue weighted by molar-refractivity contribution is 0.1000. The van der Waals surface area contributed by atoms with Gasteiger partial charge in [-0.3, -0.25) is 4.79 Å². The summed E-state index contributed by atoms with van der Waals surface area (Å²) < 4.78 is 6.34. The number of hydrogen-bond donors (Lipinski definition) is 1. The predicted molar refractivity (Wildman–Crippen MR) is 78.1 cm³/mol. The van der Waals surface area contributed by atoms with Gasteiger partial charge in [0, 0.05) is 5.56 Å². The quantitative estimate of drug-likeness (QED) is 0.794. The van der Waals surface area contributed by atoms with Gasteiger partial charge >= 0.3 is 5.76 Å². The third kappa shape index (κ3) is 2.77. The van der Waals surface area contributed by atoms with E-state index in [1.165, 1.54) is 16.0 Å². The Balaban J connectivity index is 1.90. The van der Waals surface area contributed by atoms with Gasteiger partial charge in [0.1, 0.15) is 0 Å². The Bertz CT molecular complexity index is 833. The summed E-state index contributed by atoms with van der Waals surface area (Å²) in [5, 5.41) is 6.03. The van der Waals surface area contributed by atoms with Crippen LogP contribution in [-0.4, -0.2) is 15.7 Å². The Morgan fingerprint density at radius 2 is 2.19 bits per heavy atom. The van der Waals surface area contributed by atoms with E-state index in [-0.39, 0.29) is 6.54 Å². The molecule has 0 fully saturated rings. The SMILES string of the molecule is NC(=O)c1cccc(Cn2nc(-c3cccs3)oc2=O)c1. The van der Waals surface area contributed by atoms with Crippen LogP contribution in [0.3, 0.4) is 0 Å². The van der Waals surface area contributed by atoms with Crippen LogP contribution in [0, 0.1) is 0 Å². The number of benzene rings is 1. The lowest BCUT2D eigenvalue weighted by atomic mass is 10.1. The summed E-state index contributed by atoms with van der Waals surface area (Å²) in [7, 11) is 0. The summed E-state index contributed by atoms with van der Waals surface area (Å²) in [6.45, 7) is 0.217. The van der Waals surface area contributed by atoms with Gasteiger partial charge in [-0.05, 0) is 29.1 Å². The normalized spacial score (nSPS) is 10.7. The molecule has 2 heterocycles. The van der Waals surface area contributed by atoms with E-state index in [1.807, 2.05) is 17.5 Å². The number of aromatic nitrogens is 2. The Labute approximate surface area is 123 Å². The second-order valence-corrected chi connectivity index (χ2v) is 5.32. The summed E-state index contributed by atoms with van der Waals surface area (Å²) in [5.41, 5.74) is 6.37. The standard InChI is InChI=1S/C14H11N3O3S/c15-12(18)10-4-1-3-9(7-10)8-17-14(19)20-13(16-17)11-5-2-6-21-11/h1-7H,8H2,(H2,15,18). The maximum atomic E-state index is 11.8. The molecule has 3 aromatic rings. The van der Waals surface area contributed by atoms with Crippen molar-refractivity contribution in [2.75, 3.05) is 0 Å². The zero-order valence-electron chi connectivity index (χ0n) is 10.9. The topological polar surface area (TPSA) is 91.1 Å². The second-order valence-electron chi connectivity index (χ2n) is 4.37. The molecule has 0 saturated heterocycles. The molecule has 0 unspecified atom stereocenters. The van der Waals surface area contributed by atoms with E-state index in [1.54, 1.807) is 24.3 Å². The van der Waals surface area contributed by atoms with Crippen LogP contribution in [-0.2, 0) is 6.54 Å². The van der Waals surface area contributed by atoms with Crippen LogP contribution in [0.4, 0.5) is 0 Å². The van der Waals surface area contributed by atoms with Gasteiger partial charge in [-0.1, -0.05) is 18.2 Å². The molecular weight excluding hydrogens is 290 g/mol. The molecule has 0 bridgehead atoms. The largest absolute Gasteiger partial charge is 0.437 e. The average molecular weight is 301 g/mol. The molecule has 1 aromatic carbocycles. The minimum atomic E-state index is -0.539. The molecule has 0 radical (unpaired) electrons. The minimum absolute atomic E-state index is 0.217. The summed E-state index contributed by atoms with van der Waals surface area (Å²) in [6.07, 6.45) is 0. The minimum Gasteiger partial charge on any atom is -0.387 e. The third-order valence-electron chi connectivity index (χ3n) is 2.88. The fourth-order valence-electron chi connectivity index (χ4n) is 1.90. The van der Waals surface area contributed by atoms with Gasteiger partial charge in [-0.2, -0.15) is 4.68 Å². The fraction of sp³-hybridized carbons (Fsp3) is 0.0714. The van der Waals surface area contributed by atoms with E-state index < -0.39 is 11.7 Å². The van der Waals surface area contributed by atoms with Gasteiger partial charge in [-0.15, -0.1) is 16.4 Å². The number of amides is 1. The van der Waals surface area contributed by atoms with Crippen molar-refractivity contribution in [3.05, 3.63) is 63.5 Å². The van der Waals surface area contributed by atoms with E-state index in [2.05, 4.69) is 5.10 Å². The van der Waals surface area contributed by atoms with Crippen molar-refractivity contribution in [2.24, 2.45) is 5.73 Å². The Morgan fingerprint density at radius 3 is 2.90 bits per heavy atom. The van der Waals surface area contributed by atoms with E-state index in [9.17, 15) is 9.59 Å². The van der Waals surface area contributed by atoms with Crippen molar-refractivity contribution in [3.8, 4) is 10.8 Å². The highest BCUT2D eigenvalue weighted by Gasteiger charge is 2.11. The van der Waals surface area contributed by atoms with Crippen LogP contribution in [0.2, 0.25) is 0 Å². The van der Waals surface area contributed by atoms with Crippen LogP contribution in [0.25, 0.3) is 10.8 Å². The molecule has 2 aromatic heterocycles. The van der Waals surface area contributed by atoms with Crippen molar-refractivity contribution >= 4 is 17.2 Å². The molecule has 1 amide bonds. The van der Waals surface area contributed by atoms with Crippen LogP contribution >= 0.6 is 11.3 Å². The highest BCUT2D eigenvalue weighted by atomic mass is 32.1. The molecule has 0 saturated carbocycles. The van der Waals surface area contributed by atoms with Crippen LogP contribution in [0.5, 0.6) is 0 Å². The first-order valence-corrected chi connectivity index (χ1v) is 7.02. The number of rotatable bonds is 4. The Kier molecular flexibility index (Phi) is 3.41. The second kappa shape index (κ2) is 5.37. The summed E-state index contributed by atoms with van der Waals surface area (Å²) in [5.74, 6) is -0.757. The van der Waals surface area contributed by atoms with Crippen molar-refractivity contribution in [3.63, 3.8) is 0 Å². The van der Waals surface area contributed by atoms with Crippen molar-refractivity contribution in [2.45, 2.75) is 6.54 Å². The highest BCUT2D eigenvalue weighted by molar-refractivity contribution is 7.13. The van der Waals surface area contributed by atoms with E-state index >= 15 is 0 Å². The number of carbonyl (C=O) groups excluding carboxylic acids is 1. The van der Waals surface area contributed by atoms with E-state index in [0.717, 1.165) is 10.4 Å². The molecule has 3 rings (SSSR count). The summed E-state index contributed by atoms with van der Waals surface area (Å²) >= 11 is 1.44. The van der Waals surface area contributed by atoms with Crippen LogP contribution in [0.15, 0.2) is 51.0 Å². The molecule has 0 atom stereocenters. The number of carbonyl (C=O) groups is 1. The van der Waals surface area contributed by atoms with E-state index in [4.69, 9.17) is 10.2 Å². The molecule has 0 aliphatic heterocycles. The van der Waals surface area contributed by atoms with Crippen molar-refractivity contribution in [1.29, 1.82) is 0 Å². The number of hydrogen-bond acceptors (Lipinski definition) is 5. The molecule has 0 aliphatic rings. The van der Waals surface area contributed by atoms with Crippen molar-refractivity contribution in [1.82, 2.24) is 9.78 Å². The first-order valence-electron chi connectivity index (χ1n) is 6.14. The first kappa shape index (κ1) is 13.3. The number of nitrogens with zero attached hydrogens (tertiary/aromatic N) is 2. The molecule has 6 nitrogen and oxygen atoms in total. The number of primary amides is 1. The number of thiophene rings is 1. The first-order chi connectivity index (χ1) is 10.1. The lowest BCUT2D eigenvalue weighted by Crippen LogP contribution is -2.17. The van der Waals surface area contributed by atoms with Crippen LogP contribution in [0.1, 0.15) is 15.9 Å². The van der Waals surface area contributed by atoms with Crippen LogP contribution < -0.4 is 11.5 Å². The molecule has 7 heteroatoms. The molecule has 106 valence electrons. The Morgan fingerprint density at radius 1 is 1.33 bits per heavy atom. The summed E-state index contributed by atoms with van der Waals surface area (Å²) in [6, 6.07) is 10.4. The predicted octanol–water partition coefficient (Wildman–Crippen LogP) is 1.71. The summed E-state index contributed by atoms with van der Waals surface area (Å²) in [4.78, 5) is 23.7. The maximum Gasteiger partial charge on any atom is 0.437 e.